The van der Waals surface area contributed by atoms with Crippen LogP contribution >= 0.6 is 0 Å². The van der Waals surface area contributed by atoms with Crippen LogP contribution in [0, 0.1) is 5.82 Å². The third kappa shape index (κ3) is 4.23. The van der Waals surface area contributed by atoms with Crippen molar-refractivity contribution in [1.29, 1.82) is 0 Å². The van der Waals surface area contributed by atoms with Crippen LogP contribution in [0.3, 0.4) is 0 Å². The van der Waals surface area contributed by atoms with Crippen molar-refractivity contribution in [2.45, 2.75) is 31.4 Å². The molecular weight excluding hydrogens is 307 g/mol. The first kappa shape index (κ1) is 17.5. The summed E-state index contributed by atoms with van der Waals surface area (Å²) in [7, 11) is 1.38. The van der Waals surface area contributed by atoms with Crippen LogP contribution in [0.1, 0.15) is 18.5 Å². The van der Waals surface area contributed by atoms with Gasteiger partial charge >= 0.3 is 12.4 Å². The monoisotopic (exact) mass is 319 g/mol. The Kier molecular flexibility index (Phi) is 5.08. The van der Waals surface area contributed by atoms with Crippen molar-refractivity contribution in [3.63, 3.8) is 0 Å². The number of hydrogen-bond donors (Lipinski definition) is 1. The molecule has 0 aromatic heterocycles. The zero-order valence-corrected chi connectivity index (χ0v) is 10.9. The fraction of sp³-hybridized carbons (Fsp3) is 0.500. The van der Waals surface area contributed by atoms with E-state index in [2.05, 4.69) is 10.1 Å². The summed E-state index contributed by atoms with van der Waals surface area (Å²) in [5, 5.41) is 2.53. The zero-order valence-electron chi connectivity index (χ0n) is 10.9. The summed E-state index contributed by atoms with van der Waals surface area (Å²) in [6.45, 7) is 1.38. The Morgan fingerprint density at radius 2 is 1.57 bits per heavy atom. The number of rotatable bonds is 4. The molecule has 0 spiro atoms. The fourth-order valence-corrected chi connectivity index (χ4v) is 1.63. The Morgan fingerprint density at radius 3 is 2.00 bits per heavy atom. The van der Waals surface area contributed by atoms with Crippen molar-refractivity contribution in [3.8, 4) is 5.75 Å². The summed E-state index contributed by atoms with van der Waals surface area (Å²) in [6.07, 6.45) is -15.3. The molecule has 1 atom stereocenters. The standard InChI is InChI=1S/C12H12F7NO/c1-6(20-2)9-7(13)4-3-5-8(9)21-10(11(14,15)16)12(17,18)19/h3-6,10,20H,1-2H3. The Balaban J connectivity index is 3.25. The normalized spacial score (nSPS) is 14.4. The van der Waals surface area contributed by atoms with Gasteiger partial charge in [0.2, 0.25) is 0 Å². The summed E-state index contributed by atoms with van der Waals surface area (Å²) in [6, 6.07) is 1.92. The maximum Gasteiger partial charge on any atom is 0.434 e. The third-order valence-electron chi connectivity index (χ3n) is 2.72. The quantitative estimate of drug-likeness (QED) is 0.848. The van der Waals surface area contributed by atoms with Crippen LogP contribution in [0.2, 0.25) is 0 Å². The summed E-state index contributed by atoms with van der Waals surface area (Å²) >= 11 is 0. The predicted octanol–water partition coefficient (Wildman–Crippen LogP) is 3.98. The van der Waals surface area contributed by atoms with Crippen LogP contribution in [0.4, 0.5) is 30.7 Å². The molecule has 0 heterocycles. The molecule has 1 aromatic rings. The van der Waals surface area contributed by atoms with Gasteiger partial charge in [0.25, 0.3) is 6.10 Å². The highest BCUT2D eigenvalue weighted by Gasteiger charge is 2.59. The van der Waals surface area contributed by atoms with Gasteiger partial charge in [-0.1, -0.05) is 6.07 Å². The van der Waals surface area contributed by atoms with Gasteiger partial charge in [0.05, 0.1) is 0 Å². The Morgan fingerprint density at radius 1 is 1.05 bits per heavy atom. The molecule has 2 nitrogen and oxygen atoms in total. The minimum atomic E-state index is -5.66. The molecule has 0 aliphatic heterocycles. The molecule has 0 aliphatic carbocycles. The first-order chi connectivity index (χ1) is 9.48. The number of benzene rings is 1. The lowest BCUT2D eigenvalue weighted by Gasteiger charge is -2.26. The maximum absolute atomic E-state index is 13.6. The number of halogens is 7. The van der Waals surface area contributed by atoms with Gasteiger partial charge in [-0.25, -0.2) is 4.39 Å². The van der Waals surface area contributed by atoms with E-state index >= 15 is 0 Å². The van der Waals surface area contributed by atoms with E-state index in [4.69, 9.17) is 0 Å². The molecule has 0 bridgehead atoms. The van der Waals surface area contributed by atoms with E-state index in [1.165, 1.54) is 14.0 Å². The van der Waals surface area contributed by atoms with Gasteiger partial charge in [-0.05, 0) is 26.1 Å². The Bertz CT molecular complexity index is 469. The van der Waals surface area contributed by atoms with E-state index in [1.807, 2.05) is 0 Å². The molecule has 0 saturated carbocycles. The van der Waals surface area contributed by atoms with Crippen molar-refractivity contribution < 1.29 is 35.5 Å². The van der Waals surface area contributed by atoms with Crippen molar-refractivity contribution in [2.24, 2.45) is 0 Å². The molecule has 0 fully saturated rings. The average Bonchev–Trinajstić information content (AvgIpc) is 2.32. The lowest BCUT2D eigenvalue weighted by molar-refractivity contribution is -0.300. The van der Waals surface area contributed by atoms with Crippen molar-refractivity contribution in [3.05, 3.63) is 29.6 Å². The first-order valence-electron chi connectivity index (χ1n) is 5.74. The van der Waals surface area contributed by atoms with Crippen LogP contribution in [-0.4, -0.2) is 25.5 Å². The van der Waals surface area contributed by atoms with Gasteiger partial charge in [-0.2, -0.15) is 26.3 Å². The highest BCUT2D eigenvalue weighted by molar-refractivity contribution is 5.37. The lowest BCUT2D eigenvalue weighted by atomic mass is 10.1. The second kappa shape index (κ2) is 6.08. The lowest BCUT2D eigenvalue weighted by Crippen LogP contribution is -2.46. The summed E-state index contributed by atoms with van der Waals surface area (Å²) in [5.74, 6) is -1.77. The number of ether oxygens (including phenoxy) is 1. The van der Waals surface area contributed by atoms with Crippen molar-refractivity contribution in [2.75, 3.05) is 7.05 Å². The van der Waals surface area contributed by atoms with E-state index in [-0.39, 0.29) is 0 Å². The minimum Gasteiger partial charge on any atom is -0.471 e. The van der Waals surface area contributed by atoms with E-state index < -0.39 is 41.6 Å². The number of hydrogen-bond acceptors (Lipinski definition) is 2. The topological polar surface area (TPSA) is 21.3 Å². The fourth-order valence-electron chi connectivity index (χ4n) is 1.63. The van der Waals surface area contributed by atoms with Crippen molar-refractivity contribution in [1.82, 2.24) is 5.32 Å². The maximum atomic E-state index is 13.6. The minimum absolute atomic E-state index is 0.404. The highest BCUT2D eigenvalue weighted by atomic mass is 19.4. The largest absolute Gasteiger partial charge is 0.471 e. The SMILES string of the molecule is CNC(C)c1c(F)cccc1OC(C(F)(F)F)C(F)(F)F. The van der Waals surface area contributed by atoms with Gasteiger partial charge < -0.3 is 10.1 Å². The molecule has 9 heteroatoms. The molecule has 21 heavy (non-hydrogen) atoms. The second-order valence-corrected chi connectivity index (χ2v) is 4.24. The van der Waals surface area contributed by atoms with Crippen LogP contribution in [-0.2, 0) is 0 Å². The van der Waals surface area contributed by atoms with Crippen LogP contribution in [0.15, 0.2) is 18.2 Å². The number of alkyl halides is 6. The van der Waals surface area contributed by atoms with Crippen LogP contribution in [0.5, 0.6) is 5.75 Å². The van der Waals surface area contributed by atoms with E-state index in [1.54, 1.807) is 0 Å². The average molecular weight is 319 g/mol. The van der Waals surface area contributed by atoms with E-state index in [9.17, 15) is 30.7 Å². The Labute approximate surface area is 115 Å². The van der Waals surface area contributed by atoms with Crippen molar-refractivity contribution >= 4 is 0 Å². The van der Waals surface area contributed by atoms with Gasteiger partial charge in [0, 0.05) is 11.6 Å². The Hall–Kier alpha value is -1.51. The molecule has 0 amide bonds. The summed E-state index contributed by atoms with van der Waals surface area (Å²) in [5.41, 5.74) is -0.404. The molecule has 1 N–H and O–H groups in total. The predicted molar refractivity (Wildman–Crippen MR) is 60.4 cm³/mol. The smallest absolute Gasteiger partial charge is 0.434 e. The highest BCUT2D eigenvalue weighted by Crippen LogP contribution is 2.38. The molecule has 0 aliphatic rings. The molecule has 1 aromatic carbocycles. The summed E-state index contributed by atoms with van der Waals surface area (Å²) in [4.78, 5) is 0. The first-order valence-corrected chi connectivity index (χ1v) is 5.74. The van der Waals surface area contributed by atoms with E-state index in [0.717, 1.165) is 18.2 Å². The van der Waals surface area contributed by atoms with Crippen LogP contribution < -0.4 is 10.1 Å². The summed E-state index contributed by atoms with van der Waals surface area (Å²) < 4.78 is 92.5. The molecule has 1 rings (SSSR count). The molecule has 120 valence electrons. The van der Waals surface area contributed by atoms with Gasteiger partial charge in [0.15, 0.2) is 0 Å². The third-order valence-corrected chi connectivity index (χ3v) is 2.72. The molecular formula is C12H12F7NO. The molecule has 1 unspecified atom stereocenters. The van der Waals surface area contributed by atoms with Crippen LogP contribution in [0.25, 0.3) is 0 Å². The van der Waals surface area contributed by atoms with Gasteiger partial charge in [-0.15, -0.1) is 0 Å². The molecule has 0 saturated heterocycles. The van der Waals surface area contributed by atoms with Gasteiger partial charge in [-0.3, -0.25) is 0 Å². The van der Waals surface area contributed by atoms with Gasteiger partial charge in [0.1, 0.15) is 11.6 Å². The second-order valence-electron chi connectivity index (χ2n) is 4.24. The zero-order chi connectivity index (χ0) is 16.4. The molecule has 0 radical (unpaired) electrons. The van der Waals surface area contributed by atoms with E-state index in [0.29, 0.717) is 0 Å². The number of nitrogens with one attached hydrogen (secondary N) is 1.